The van der Waals surface area contributed by atoms with E-state index in [0.717, 1.165) is 5.56 Å². The number of ether oxygens (including phenoxy) is 1. The molecule has 0 aromatic heterocycles. The van der Waals surface area contributed by atoms with Gasteiger partial charge < -0.3 is 4.74 Å². The molecular weight excluding hydrogens is 317 g/mol. The second kappa shape index (κ2) is 5.19. The van der Waals surface area contributed by atoms with Crippen LogP contribution in [0.15, 0.2) is 18.2 Å². The molecule has 0 aliphatic heterocycles. The van der Waals surface area contributed by atoms with Crippen LogP contribution in [0.3, 0.4) is 0 Å². The van der Waals surface area contributed by atoms with Crippen LogP contribution in [0.2, 0.25) is 5.02 Å². The fraction of sp³-hybridized carbons (Fsp3) is 0.571. The third-order valence-corrected chi connectivity index (χ3v) is 6.84. The number of hydrogen-bond donors (Lipinski definition) is 1. The highest BCUT2D eigenvalue weighted by atomic mass is 35.5. The molecule has 0 amide bonds. The van der Waals surface area contributed by atoms with Crippen LogP contribution in [0, 0.1) is 5.82 Å². The average Bonchev–Trinajstić information content (AvgIpc) is 3.30. The van der Waals surface area contributed by atoms with E-state index in [0.29, 0.717) is 19.3 Å². The molecule has 2 aliphatic carbocycles. The quantitative estimate of drug-likeness (QED) is 0.870. The van der Waals surface area contributed by atoms with E-state index in [1.54, 1.807) is 6.07 Å². The van der Waals surface area contributed by atoms with E-state index in [1.165, 1.54) is 19.2 Å². The van der Waals surface area contributed by atoms with Gasteiger partial charge in [-0.25, -0.2) is 17.5 Å². The third-order valence-electron chi connectivity index (χ3n) is 4.25. The Morgan fingerprint density at radius 3 is 2.76 bits per heavy atom. The predicted molar refractivity (Wildman–Crippen MR) is 78.5 cm³/mol. The van der Waals surface area contributed by atoms with Crippen LogP contribution < -0.4 is 4.72 Å². The Balaban J connectivity index is 1.67. The summed E-state index contributed by atoms with van der Waals surface area (Å²) < 4.78 is 45.2. The van der Waals surface area contributed by atoms with Crippen LogP contribution >= 0.6 is 11.6 Å². The van der Waals surface area contributed by atoms with Crippen molar-refractivity contribution in [1.29, 1.82) is 0 Å². The van der Waals surface area contributed by atoms with E-state index in [2.05, 4.69) is 4.72 Å². The van der Waals surface area contributed by atoms with Gasteiger partial charge in [0.05, 0.1) is 11.6 Å². The van der Waals surface area contributed by atoms with Gasteiger partial charge in [-0.2, -0.15) is 0 Å². The van der Waals surface area contributed by atoms with Crippen LogP contribution in [-0.2, 0) is 14.8 Å². The van der Waals surface area contributed by atoms with E-state index in [9.17, 15) is 12.8 Å². The maximum atomic E-state index is 13.4. The topological polar surface area (TPSA) is 55.4 Å². The second-order valence-corrected chi connectivity index (χ2v) is 8.38. The molecule has 2 atom stereocenters. The number of methoxy groups -OCH3 is 1. The van der Waals surface area contributed by atoms with Gasteiger partial charge in [-0.1, -0.05) is 17.7 Å². The Morgan fingerprint density at radius 1 is 1.48 bits per heavy atom. The number of rotatable bonds is 6. The van der Waals surface area contributed by atoms with Crippen molar-refractivity contribution in [3.8, 4) is 0 Å². The van der Waals surface area contributed by atoms with Crippen LogP contribution in [0.25, 0.3) is 0 Å². The number of nitrogens with one attached hydrogen (secondary N) is 1. The van der Waals surface area contributed by atoms with Crippen molar-refractivity contribution in [2.45, 2.75) is 36.0 Å². The van der Waals surface area contributed by atoms with E-state index in [-0.39, 0.29) is 23.6 Å². The summed E-state index contributed by atoms with van der Waals surface area (Å²) in [4.78, 5) is 0. The smallest absolute Gasteiger partial charge is 0.219 e. The standard InChI is InChI=1S/C14H17ClFNO3S/c1-20-8-14(4-5-14)21(18,19)17-13-7-10(13)9-2-3-11(15)12(16)6-9/h2-3,6,10,13,17H,4-5,7-8H2,1H3/t10-,13+/m0/s1. The van der Waals surface area contributed by atoms with Gasteiger partial charge >= 0.3 is 0 Å². The first kappa shape index (κ1) is 15.2. The summed E-state index contributed by atoms with van der Waals surface area (Å²) in [5, 5.41) is 0.0774. The summed E-state index contributed by atoms with van der Waals surface area (Å²) in [5.74, 6) is -0.453. The summed E-state index contributed by atoms with van der Waals surface area (Å²) in [5.41, 5.74) is 0.779. The van der Waals surface area contributed by atoms with Crippen molar-refractivity contribution in [1.82, 2.24) is 4.72 Å². The molecule has 0 bridgehead atoms. The van der Waals surface area contributed by atoms with Crippen LogP contribution in [0.1, 0.15) is 30.7 Å². The molecule has 4 nitrogen and oxygen atoms in total. The van der Waals surface area contributed by atoms with Crippen LogP contribution in [0.5, 0.6) is 0 Å². The van der Waals surface area contributed by atoms with Crippen molar-refractivity contribution >= 4 is 21.6 Å². The molecule has 2 aliphatic rings. The lowest BCUT2D eigenvalue weighted by atomic mass is 10.1. The molecule has 3 rings (SSSR count). The molecule has 2 saturated carbocycles. The molecule has 1 aromatic carbocycles. The van der Waals surface area contributed by atoms with Gasteiger partial charge in [-0.3, -0.25) is 0 Å². The highest BCUT2D eigenvalue weighted by Gasteiger charge is 2.57. The van der Waals surface area contributed by atoms with Crippen molar-refractivity contribution < 1.29 is 17.5 Å². The van der Waals surface area contributed by atoms with Gasteiger partial charge in [-0.05, 0) is 37.0 Å². The van der Waals surface area contributed by atoms with Gasteiger partial charge in [-0.15, -0.1) is 0 Å². The first-order chi connectivity index (χ1) is 9.88. The summed E-state index contributed by atoms with van der Waals surface area (Å²) in [6.07, 6.45) is 1.94. The molecule has 0 unspecified atom stereocenters. The lowest BCUT2D eigenvalue weighted by Crippen LogP contribution is -2.40. The largest absolute Gasteiger partial charge is 0.383 e. The lowest BCUT2D eigenvalue weighted by Gasteiger charge is -2.16. The van der Waals surface area contributed by atoms with Crippen LogP contribution in [-0.4, -0.2) is 32.9 Å². The molecule has 0 radical (unpaired) electrons. The maximum Gasteiger partial charge on any atom is 0.219 e. The molecule has 1 N–H and O–H groups in total. The molecule has 7 heteroatoms. The van der Waals surface area contributed by atoms with E-state index in [4.69, 9.17) is 16.3 Å². The van der Waals surface area contributed by atoms with E-state index >= 15 is 0 Å². The minimum Gasteiger partial charge on any atom is -0.383 e. The molecule has 0 saturated heterocycles. The Hall–Kier alpha value is -0.690. The first-order valence-corrected chi connectivity index (χ1v) is 8.70. The zero-order valence-corrected chi connectivity index (χ0v) is 13.2. The Kier molecular flexibility index (Phi) is 3.76. The van der Waals surface area contributed by atoms with Crippen molar-refractivity contribution in [3.63, 3.8) is 0 Å². The lowest BCUT2D eigenvalue weighted by molar-refractivity contribution is 0.191. The summed E-state index contributed by atoms with van der Waals surface area (Å²) >= 11 is 5.65. The summed E-state index contributed by atoms with van der Waals surface area (Å²) in [7, 11) is -1.90. The summed E-state index contributed by atoms with van der Waals surface area (Å²) in [6.45, 7) is 0.218. The van der Waals surface area contributed by atoms with Crippen LogP contribution in [0.4, 0.5) is 4.39 Å². The van der Waals surface area contributed by atoms with Crippen molar-refractivity contribution in [2.24, 2.45) is 0 Å². The first-order valence-electron chi connectivity index (χ1n) is 6.84. The van der Waals surface area contributed by atoms with E-state index < -0.39 is 20.6 Å². The minimum absolute atomic E-state index is 0.0184. The molecule has 0 spiro atoms. The number of sulfonamides is 1. The Bertz CT molecular complexity index is 660. The van der Waals surface area contributed by atoms with Gasteiger partial charge in [0.1, 0.15) is 10.6 Å². The SMILES string of the molecule is COCC1(S(=O)(=O)N[C@@H]2C[C@H]2c2ccc(Cl)c(F)c2)CC1. The Labute approximate surface area is 128 Å². The van der Waals surface area contributed by atoms with Gasteiger partial charge in [0.25, 0.3) is 0 Å². The zero-order valence-electron chi connectivity index (χ0n) is 11.6. The number of benzene rings is 1. The summed E-state index contributed by atoms with van der Waals surface area (Å²) in [6, 6.07) is 4.46. The average molecular weight is 334 g/mol. The molecule has 21 heavy (non-hydrogen) atoms. The molecule has 2 fully saturated rings. The van der Waals surface area contributed by atoms with Crippen molar-refractivity contribution in [2.75, 3.05) is 13.7 Å². The van der Waals surface area contributed by atoms with Gasteiger partial charge in [0.15, 0.2) is 0 Å². The third kappa shape index (κ3) is 2.82. The monoisotopic (exact) mass is 333 g/mol. The molecule has 1 aromatic rings. The highest BCUT2D eigenvalue weighted by molar-refractivity contribution is 7.91. The fourth-order valence-corrected chi connectivity index (χ4v) is 4.59. The number of hydrogen-bond acceptors (Lipinski definition) is 3. The molecular formula is C14H17ClFNO3S. The van der Waals surface area contributed by atoms with Crippen molar-refractivity contribution in [3.05, 3.63) is 34.6 Å². The van der Waals surface area contributed by atoms with E-state index in [1.807, 2.05) is 0 Å². The maximum absolute atomic E-state index is 13.4. The predicted octanol–water partition coefficient (Wildman–Crippen LogP) is 2.43. The second-order valence-electron chi connectivity index (χ2n) is 5.86. The normalized spacial score (nSPS) is 26.6. The van der Waals surface area contributed by atoms with Gasteiger partial charge in [0, 0.05) is 19.1 Å². The minimum atomic E-state index is -3.40. The molecule has 116 valence electrons. The Morgan fingerprint density at radius 2 is 2.19 bits per heavy atom. The number of halogens is 2. The molecule has 0 heterocycles. The fourth-order valence-electron chi connectivity index (χ4n) is 2.65. The highest BCUT2D eigenvalue weighted by Crippen LogP contribution is 2.47. The van der Waals surface area contributed by atoms with Gasteiger partial charge in [0.2, 0.25) is 10.0 Å². The zero-order chi connectivity index (χ0) is 15.3.